The molecule has 2 aromatic carbocycles. The van der Waals surface area contributed by atoms with Crippen molar-refractivity contribution in [1.29, 1.82) is 0 Å². The molecule has 1 heterocycles. The first-order valence-electron chi connectivity index (χ1n) is 7.18. The van der Waals surface area contributed by atoms with Crippen LogP contribution in [0.2, 0.25) is 5.02 Å². The van der Waals surface area contributed by atoms with Crippen molar-refractivity contribution in [2.24, 2.45) is 0 Å². The predicted molar refractivity (Wildman–Crippen MR) is 102 cm³/mol. The number of nitrogens with zero attached hydrogens (tertiary/aromatic N) is 2. The van der Waals surface area contributed by atoms with Crippen molar-refractivity contribution in [2.75, 3.05) is 37.4 Å². The summed E-state index contributed by atoms with van der Waals surface area (Å²) >= 11 is 6.12. The van der Waals surface area contributed by atoms with E-state index in [1.807, 2.05) is 61.5 Å². The average molecular weight is 397 g/mol. The van der Waals surface area contributed by atoms with Crippen LogP contribution in [0.4, 0.5) is 17.1 Å². The second-order valence-corrected chi connectivity index (χ2v) is 6.03. The first-order chi connectivity index (χ1) is 10.6. The minimum atomic E-state index is 0. The number of hydrogen-bond acceptors (Lipinski definition) is 3. The average Bonchev–Trinajstić information content (AvgIpc) is 2.59. The lowest BCUT2D eigenvalue weighted by Crippen LogP contribution is -2.36. The highest BCUT2D eigenvalue weighted by atomic mass is 79.9. The summed E-state index contributed by atoms with van der Waals surface area (Å²) in [5.41, 5.74) is 3.19. The van der Waals surface area contributed by atoms with Gasteiger partial charge in [0.1, 0.15) is 0 Å². The highest BCUT2D eigenvalue weighted by molar-refractivity contribution is 8.93. The maximum atomic E-state index is 12.9. The Morgan fingerprint density at radius 3 is 2.61 bits per heavy atom. The molecule has 0 bridgehead atoms. The number of fused-ring (bicyclic) bond motifs is 2. The Bertz CT molecular complexity index is 721. The Morgan fingerprint density at radius 1 is 1.13 bits per heavy atom. The van der Waals surface area contributed by atoms with Crippen LogP contribution in [0.5, 0.6) is 0 Å². The van der Waals surface area contributed by atoms with E-state index in [1.165, 1.54) is 0 Å². The van der Waals surface area contributed by atoms with Gasteiger partial charge in [-0.05, 0) is 44.4 Å². The van der Waals surface area contributed by atoms with Crippen LogP contribution in [0, 0.1) is 0 Å². The molecule has 0 spiro atoms. The van der Waals surface area contributed by atoms with Gasteiger partial charge >= 0.3 is 0 Å². The molecule has 0 aromatic heterocycles. The van der Waals surface area contributed by atoms with E-state index < -0.39 is 0 Å². The fraction of sp³-hybridized carbons (Fsp3) is 0.235. The topological polar surface area (TPSA) is 35.6 Å². The highest BCUT2D eigenvalue weighted by Crippen LogP contribution is 2.37. The van der Waals surface area contributed by atoms with Crippen molar-refractivity contribution in [2.45, 2.75) is 0 Å². The summed E-state index contributed by atoms with van der Waals surface area (Å²) in [6.45, 7) is 1.41. The summed E-state index contributed by atoms with van der Waals surface area (Å²) in [7, 11) is 3.99. The number of amides is 1. The number of rotatable bonds is 3. The Labute approximate surface area is 151 Å². The molecule has 1 amide bonds. The van der Waals surface area contributed by atoms with Gasteiger partial charge < -0.3 is 15.1 Å². The maximum absolute atomic E-state index is 12.9. The Morgan fingerprint density at radius 2 is 1.87 bits per heavy atom. The van der Waals surface area contributed by atoms with E-state index in [9.17, 15) is 4.79 Å². The van der Waals surface area contributed by atoms with Crippen molar-refractivity contribution < 1.29 is 4.79 Å². The zero-order valence-electron chi connectivity index (χ0n) is 13.0. The van der Waals surface area contributed by atoms with Crippen molar-refractivity contribution in [3.8, 4) is 0 Å². The van der Waals surface area contributed by atoms with Crippen LogP contribution < -0.4 is 10.2 Å². The van der Waals surface area contributed by atoms with Gasteiger partial charge in [-0.1, -0.05) is 23.7 Å². The molecule has 1 aliphatic rings. The Balaban J connectivity index is 0.00000192. The molecule has 0 fully saturated rings. The maximum Gasteiger partial charge on any atom is 0.260 e. The van der Waals surface area contributed by atoms with Gasteiger partial charge in [-0.3, -0.25) is 4.79 Å². The van der Waals surface area contributed by atoms with E-state index in [-0.39, 0.29) is 22.9 Å². The van der Waals surface area contributed by atoms with Gasteiger partial charge in [0.25, 0.3) is 5.91 Å². The summed E-state index contributed by atoms with van der Waals surface area (Å²) in [5.74, 6) is 0.00558. The van der Waals surface area contributed by atoms with Gasteiger partial charge in [0, 0.05) is 18.1 Å². The van der Waals surface area contributed by atoms with Crippen LogP contribution in [0.1, 0.15) is 10.4 Å². The number of hydrogen-bond donors (Lipinski definition) is 1. The predicted octanol–water partition coefficient (Wildman–Crippen LogP) is 4.18. The van der Waals surface area contributed by atoms with Crippen LogP contribution >= 0.6 is 28.6 Å². The molecule has 2 aromatic rings. The molecule has 23 heavy (non-hydrogen) atoms. The summed E-state index contributed by atoms with van der Waals surface area (Å²) in [5, 5.41) is 3.98. The van der Waals surface area contributed by atoms with E-state index in [0.29, 0.717) is 17.1 Å². The van der Waals surface area contributed by atoms with E-state index in [2.05, 4.69) is 10.2 Å². The number of anilines is 3. The third kappa shape index (κ3) is 3.68. The fourth-order valence-electron chi connectivity index (χ4n) is 2.54. The number of benzene rings is 2. The summed E-state index contributed by atoms with van der Waals surface area (Å²) in [6, 6.07) is 13.1. The standard InChI is InChI=1S/C17H18ClN3O.BrH/c1-20(2)9-10-21-16-8-7-12(18)11-15(16)19-14-6-4-3-5-13(14)17(21)22;/h3-8,11,19H,9-10H2,1-2H3;1H. The molecular formula is C17H19BrClN3O. The number of halogens is 2. The lowest BCUT2D eigenvalue weighted by atomic mass is 10.1. The third-order valence-electron chi connectivity index (χ3n) is 3.69. The second kappa shape index (κ2) is 7.34. The van der Waals surface area contributed by atoms with Crippen molar-refractivity contribution >= 4 is 51.6 Å². The molecule has 0 radical (unpaired) electrons. The minimum Gasteiger partial charge on any atom is -0.353 e. The summed E-state index contributed by atoms with van der Waals surface area (Å²) in [4.78, 5) is 16.8. The van der Waals surface area contributed by atoms with Crippen LogP contribution in [0.15, 0.2) is 42.5 Å². The van der Waals surface area contributed by atoms with Gasteiger partial charge in [0.2, 0.25) is 0 Å². The molecule has 0 atom stereocenters. The lowest BCUT2D eigenvalue weighted by molar-refractivity contribution is 0.0986. The smallest absolute Gasteiger partial charge is 0.260 e. The van der Waals surface area contributed by atoms with E-state index in [1.54, 1.807) is 0 Å². The quantitative estimate of drug-likeness (QED) is 0.845. The minimum absolute atomic E-state index is 0. The molecule has 1 aliphatic heterocycles. The van der Waals surface area contributed by atoms with Gasteiger partial charge in [-0.15, -0.1) is 17.0 Å². The molecule has 3 rings (SSSR count). The van der Waals surface area contributed by atoms with Gasteiger partial charge in [-0.25, -0.2) is 0 Å². The number of nitrogens with one attached hydrogen (secondary N) is 1. The monoisotopic (exact) mass is 395 g/mol. The van der Waals surface area contributed by atoms with E-state index in [0.717, 1.165) is 23.6 Å². The van der Waals surface area contributed by atoms with E-state index >= 15 is 0 Å². The van der Waals surface area contributed by atoms with E-state index in [4.69, 9.17) is 11.6 Å². The van der Waals surface area contributed by atoms with Crippen LogP contribution in [0.3, 0.4) is 0 Å². The van der Waals surface area contributed by atoms with Gasteiger partial charge in [0.15, 0.2) is 0 Å². The van der Waals surface area contributed by atoms with Crippen molar-refractivity contribution in [3.05, 3.63) is 53.1 Å². The SMILES string of the molecule is Br.CN(C)CCN1C(=O)c2ccccc2Nc2cc(Cl)ccc21. The van der Waals surface area contributed by atoms with Gasteiger partial charge in [0.05, 0.1) is 22.6 Å². The molecule has 0 unspecified atom stereocenters. The number of carbonyl (C=O) groups is 1. The normalized spacial score (nSPS) is 12.9. The molecule has 0 aliphatic carbocycles. The largest absolute Gasteiger partial charge is 0.353 e. The molecule has 0 saturated carbocycles. The first-order valence-corrected chi connectivity index (χ1v) is 7.56. The molecule has 122 valence electrons. The lowest BCUT2D eigenvalue weighted by Gasteiger charge is -2.24. The molecule has 0 saturated heterocycles. The summed E-state index contributed by atoms with van der Waals surface area (Å²) in [6.07, 6.45) is 0. The number of carbonyl (C=O) groups excluding carboxylic acids is 1. The molecule has 1 N–H and O–H groups in total. The highest BCUT2D eigenvalue weighted by Gasteiger charge is 2.26. The summed E-state index contributed by atoms with van der Waals surface area (Å²) < 4.78 is 0. The third-order valence-corrected chi connectivity index (χ3v) is 3.93. The van der Waals surface area contributed by atoms with Crippen LogP contribution in [0.25, 0.3) is 0 Å². The second-order valence-electron chi connectivity index (χ2n) is 5.59. The molecular weight excluding hydrogens is 378 g/mol. The Kier molecular flexibility index (Phi) is 5.68. The van der Waals surface area contributed by atoms with Crippen molar-refractivity contribution in [3.63, 3.8) is 0 Å². The molecule has 4 nitrogen and oxygen atoms in total. The fourth-order valence-corrected chi connectivity index (χ4v) is 2.72. The van der Waals surface area contributed by atoms with Crippen molar-refractivity contribution in [1.82, 2.24) is 4.90 Å². The number of likely N-dealkylation sites (N-methyl/N-ethyl adjacent to an activating group) is 1. The van der Waals surface area contributed by atoms with Gasteiger partial charge in [-0.2, -0.15) is 0 Å². The van der Waals surface area contributed by atoms with Crippen LogP contribution in [-0.4, -0.2) is 38.0 Å². The number of para-hydroxylation sites is 1. The zero-order valence-corrected chi connectivity index (χ0v) is 15.5. The van der Waals surface area contributed by atoms with Crippen LogP contribution in [-0.2, 0) is 0 Å². The first kappa shape index (κ1) is 17.8. The Hall–Kier alpha value is -1.56. The zero-order chi connectivity index (χ0) is 15.7. The molecule has 6 heteroatoms.